The van der Waals surface area contributed by atoms with E-state index in [0.29, 0.717) is 15.6 Å². The third kappa shape index (κ3) is 2.35. The van der Waals surface area contributed by atoms with Crippen LogP contribution in [-0.2, 0) is 5.54 Å². The fraction of sp³-hybridized carbons (Fsp3) is 0.333. The van der Waals surface area contributed by atoms with Gasteiger partial charge >= 0.3 is 0 Å². The van der Waals surface area contributed by atoms with E-state index in [1.807, 2.05) is 0 Å². The number of aliphatic hydroxyl groups excluding tert-OH is 1. The summed E-state index contributed by atoms with van der Waals surface area (Å²) in [6.45, 7) is 1.53. The Bertz CT molecular complexity index is 312. The maximum absolute atomic E-state index is 9.04. The van der Waals surface area contributed by atoms with Gasteiger partial charge in [0.1, 0.15) is 0 Å². The summed E-state index contributed by atoms with van der Waals surface area (Å²) in [5.41, 5.74) is 5.63. The molecule has 0 aromatic heterocycles. The Kier molecular flexibility index (Phi) is 3.19. The first-order valence-corrected chi connectivity index (χ1v) is 4.58. The van der Waals surface area contributed by atoms with Crippen molar-refractivity contribution < 1.29 is 5.11 Å². The summed E-state index contributed by atoms with van der Waals surface area (Å²) < 4.78 is 0. The molecule has 0 unspecified atom stereocenters. The monoisotopic (exact) mass is 219 g/mol. The molecule has 0 bridgehead atoms. The number of rotatable bonds is 2. The standard InChI is InChI=1S/C9H11Cl2NO/c1-9(12,5-13)7-4-6(10)2-3-8(7)11/h2-4,13H,5,12H2,1H3/t9-/m1/s1. The summed E-state index contributed by atoms with van der Waals surface area (Å²) in [4.78, 5) is 0. The van der Waals surface area contributed by atoms with Gasteiger partial charge in [-0.05, 0) is 30.7 Å². The molecule has 0 amide bonds. The maximum Gasteiger partial charge on any atom is 0.0651 e. The summed E-state index contributed by atoms with van der Waals surface area (Å²) in [6, 6.07) is 5.01. The van der Waals surface area contributed by atoms with Crippen LogP contribution in [0.25, 0.3) is 0 Å². The molecule has 4 heteroatoms. The topological polar surface area (TPSA) is 46.2 Å². The van der Waals surface area contributed by atoms with Crippen molar-refractivity contribution in [2.45, 2.75) is 12.5 Å². The number of halogens is 2. The average Bonchev–Trinajstić information content (AvgIpc) is 2.09. The van der Waals surface area contributed by atoms with Gasteiger partial charge in [0.2, 0.25) is 0 Å². The quantitative estimate of drug-likeness (QED) is 0.802. The van der Waals surface area contributed by atoms with Crippen LogP contribution in [0.5, 0.6) is 0 Å². The van der Waals surface area contributed by atoms with Crippen LogP contribution in [-0.4, -0.2) is 11.7 Å². The van der Waals surface area contributed by atoms with E-state index in [1.54, 1.807) is 25.1 Å². The zero-order valence-electron chi connectivity index (χ0n) is 7.22. The highest BCUT2D eigenvalue weighted by Gasteiger charge is 2.22. The minimum absolute atomic E-state index is 0.174. The van der Waals surface area contributed by atoms with Crippen molar-refractivity contribution in [1.29, 1.82) is 0 Å². The van der Waals surface area contributed by atoms with Crippen molar-refractivity contribution in [3.63, 3.8) is 0 Å². The molecule has 0 aliphatic heterocycles. The molecule has 0 heterocycles. The second kappa shape index (κ2) is 3.84. The van der Waals surface area contributed by atoms with E-state index in [-0.39, 0.29) is 6.61 Å². The maximum atomic E-state index is 9.04. The Labute approximate surface area is 87.3 Å². The second-order valence-electron chi connectivity index (χ2n) is 3.20. The van der Waals surface area contributed by atoms with Crippen molar-refractivity contribution in [2.24, 2.45) is 5.73 Å². The lowest BCUT2D eigenvalue weighted by atomic mass is 9.94. The van der Waals surface area contributed by atoms with E-state index in [2.05, 4.69) is 0 Å². The summed E-state index contributed by atoms with van der Waals surface area (Å²) >= 11 is 11.7. The van der Waals surface area contributed by atoms with Crippen LogP contribution in [0.15, 0.2) is 18.2 Å². The van der Waals surface area contributed by atoms with Crippen LogP contribution in [0.1, 0.15) is 12.5 Å². The Hall–Kier alpha value is -0.280. The van der Waals surface area contributed by atoms with Crippen LogP contribution in [0.3, 0.4) is 0 Å². The van der Waals surface area contributed by atoms with Crippen molar-refractivity contribution in [3.8, 4) is 0 Å². The van der Waals surface area contributed by atoms with Crippen LogP contribution < -0.4 is 5.73 Å². The van der Waals surface area contributed by atoms with Gasteiger partial charge in [-0.2, -0.15) is 0 Å². The molecule has 1 atom stereocenters. The molecule has 0 fully saturated rings. The van der Waals surface area contributed by atoms with Gasteiger partial charge in [-0.15, -0.1) is 0 Å². The average molecular weight is 220 g/mol. The number of nitrogens with two attached hydrogens (primary N) is 1. The Morgan fingerprint density at radius 2 is 2.08 bits per heavy atom. The highest BCUT2D eigenvalue weighted by molar-refractivity contribution is 6.33. The van der Waals surface area contributed by atoms with Gasteiger partial charge in [0.05, 0.1) is 12.1 Å². The van der Waals surface area contributed by atoms with Gasteiger partial charge in [-0.3, -0.25) is 0 Å². The van der Waals surface area contributed by atoms with Crippen LogP contribution in [0.4, 0.5) is 0 Å². The predicted octanol–water partition coefficient (Wildman–Crippen LogP) is 2.16. The summed E-state index contributed by atoms with van der Waals surface area (Å²) in [7, 11) is 0. The molecule has 0 saturated heterocycles. The molecule has 0 aliphatic carbocycles. The molecule has 0 spiro atoms. The van der Waals surface area contributed by atoms with E-state index < -0.39 is 5.54 Å². The second-order valence-corrected chi connectivity index (χ2v) is 4.04. The summed E-state index contributed by atoms with van der Waals surface area (Å²) in [5, 5.41) is 10.1. The Balaban J connectivity index is 3.20. The minimum atomic E-state index is -0.845. The van der Waals surface area contributed by atoms with Crippen molar-refractivity contribution in [2.75, 3.05) is 6.61 Å². The van der Waals surface area contributed by atoms with E-state index in [0.717, 1.165) is 0 Å². The summed E-state index contributed by atoms with van der Waals surface area (Å²) in [6.07, 6.45) is 0. The third-order valence-electron chi connectivity index (χ3n) is 1.87. The number of aliphatic hydroxyl groups is 1. The molecule has 72 valence electrons. The predicted molar refractivity (Wildman–Crippen MR) is 55.1 cm³/mol. The van der Waals surface area contributed by atoms with E-state index in [9.17, 15) is 0 Å². The molecular formula is C9H11Cl2NO. The first-order chi connectivity index (χ1) is 5.97. The molecule has 0 radical (unpaired) electrons. The molecule has 2 nitrogen and oxygen atoms in total. The SMILES string of the molecule is C[C@@](N)(CO)c1cc(Cl)ccc1Cl. The molecular weight excluding hydrogens is 209 g/mol. The third-order valence-corrected chi connectivity index (χ3v) is 2.44. The Morgan fingerprint density at radius 3 is 2.62 bits per heavy atom. The van der Waals surface area contributed by atoms with E-state index in [1.165, 1.54) is 0 Å². The lowest BCUT2D eigenvalue weighted by molar-refractivity contribution is 0.210. The van der Waals surface area contributed by atoms with Gasteiger partial charge in [-0.1, -0.05) is 23.2 Å². The molecule has 0 saturated carbocycles. The normalized spacial score (nSPS) is 15.5. The van der Waals surface area contributed by atoms with Crippen molar-refractivity contribution in [3.05, 3.63) is 33.8 Å². The number of hydrogen-bond donors (Lipinski definition) is 2. The van der Waals surface area contributed by atoms with Gasteiger partial charge in [-0.25, -0.2) is 0 Å². The number of hydrogen-bond acceptors (Lipinski definition) is 2. The molecule has 1 rings (SSSR count). The zero-order valence-corrected chi connectivity index (χ0v) is 8.73. The highest BCUT2D eigenvalue weighted by Crippen LogP contribution is 2.28. The van der Waals surface area contributed by atoms with Crippen molar-refractivity contribution in [1.82, 2.24) is 0 Å². The zero-order chi connectivity index (χ0) is 10.1. The van der Waals surface area contributed by atoms with Gasteiger partial charge in [0.15, 0.2) is 0 Å². The molecule has 1 aromatic carbocycles. The number of benzene rings is 1. The fourth-order valence-electron chi connectivity index (χ4n) is 1.02. The van der Waals surface area contributed by atoms with Gasteiger partial charge in [0, 0.05) is 10.0 Å². The lowest BCUT2D eigenvalue weighted by Crippen LogP contribution is -2.37. The summed E-state index contributed by atoms with van der Waals surface area (Å²) in [5.74, 6) is 0. The largest absolute Gasteiger partial charge is 0.394 e. The highest BCUT2D eigenvalue weighted by atomic mass is 35.5. The van der Waals surface area contributed by atoms with Gasteiger partial charge in [0.25, 0.3) is 0 Å². The molecule has 13 heavy (non-hydrogen) atoms. The Morgan fingerprint density at radius 1 is 1.46 bits per heavy atom. The smallest absolute Gasteiger partial charge is 0.0651 e. The lowest BCUT2D eigenvalue weighted by Gasteiger charge is -2.23. The van der Waals surface area contributed by atoms with E-state index in [4.69, 9.17) is 34.0 Å². The minimum Gasteiger partial charge on any atom is -0.394 e. The first-order valence-electron chi connectivity index (χ1n) is 3.82. The van der Waals surface area contributed by atoms with E-state index >= 15 is 0 Å². The van der Waals surface area contributed by atoms with Crippen LogP contribution in [0, 0.1) is 0 Å². The first kappa shape index (κ1) is 10.8. The van der Waals surface area contributed by atoms with Crippen LogP contribution in [0.2, 0.25) is 10.0 Å². The van der Waals surface area contributed by atoms with Crippen molar-refractivity contribution >= 4 is 23.2 Å². The van der Waals surface area contributed by atoms with Gasteiger partial charge < -0.3 is 10.8 Å². The molecule has 1 aromatic rings. The molecule has 0 aliphatic rings. The fourth-order valence-corrected chi connectivity index (χ4v) is 1.53. The van der Waals surface area contributed by atoms with Crippen LogP contribution >= 0.6 is 23.2 Å². The molecule has 3 N–H and O–H groups in total.